The van der Waals surface area contributed by atoms with Crippen LogP contribution in [0.15, 0.2) is 78.9 Å². The molecule has 0 aromatic heterocycles. The SMILES string of the molecule is COP(=S)(CCC(=O)O)C(Cc1ccccc1)NC(=O)OCC1c2ccccc2-c2ccccc21. The summed E-state index contributed by atoms with van der Waals surface area (Å²) in [5.74, 6) is -1.56. The van der Waals surface area contributed by atoms with Crippen molar-refractivity contribution in [2.75, 3.05) is 19.9 Å². The number of fused-ring (bicyclic) bond motifs is 3. The van der Waals surface area contributed by atoms with Crippen molar-refractivity contribution in [3.63, 3.8) is 0 Å². The lowest BCUT2D eigenvalue weighted by atomic mass is 9.98. The van der Waals surface area contributed by atoms with E-state index in [2.05, 4.69) is 29.6 Å². The predicted octanol–water partition coefficient (Wildman–Crippen LogP) is 5.61. The number of ether oxygens (including phenoxy) is 1. The first-order valence-electron chi connectivity index (χ1n) is 11.4. The van der Waals surface area contributed by atoms with Crippen LogP contribution in [0, 0.1) is 0 Å². The highest BCUT2D eigenvalue weighted by Crippen LogP contribution is 2.52. The molecule has 35 heavy (non-hydrogen) atoms. The Labute approximate surface area is 210 Å². The number of amides is 1. The van der Waals surface area contributed by atoms with Crippen molar-refractivity contribution in [1.29, 1.82) is 0 Å². The summed E-state index contributed by atoms with van der Waals surface area (Å²) in [6.07, 6.45) is -2.81. The highest BCUT2D eigenvalue weighted by molar-refractivity contribution is 8.12. The molecule has 8 heteroatoms. The Kier molecular flexibility index (Phi) is 8.01. The second-order valence-corrected chi connectivity index (χ2v) is 13.2. The number of hydrogen-bond acceptors (Lipinski definition) is 5. The molecule has 3 aromatic carbocycles. The van der Waals surface area contributed by atoms with Gasteiger partial charge in [0, 0.05) is 19.2 Å². The molecule has 1 aliphatic carbocycles. The van der Waals surface area contributed by atoms with Crippen molar-refractivity contribution in [2.24, 2.45) is 0 Å². The fourth-order valence-electron chi connectivity index (χ4n) is 4.53. The molecule has 6 nitrogen and oxygen atoms in total. The Morgan fingerprint density at radius 1 is 0.971 bits per heavy atom. The van der Waals surface area contributed by atoms with E-state index in [1.54, 1.807) is 0 Å². The van der Waals surface area contributed by atoms with Crippen LogP contribution in [0.5, 0.6) is 0 Å². The van der Waals surface area contributed by atoms with E-state index in [4.69, 9.17) is 21.1 Å². The largest absolute Gasteiger partial charge is 0.481 e. The van der Waals surface area contributed by atoms with E-state index in [1.807, 2.05) is 54.6 Å². The van der Waals surface area contributed by atoms with Gasteiger partial charge in [-0.1, -0.05) is 90.7 Å². The quantitative estimate of drug-likeness (QED) is 0.346. The zero-order valence-electron chi connectivity index (χ0n) is 19.4. The van der Waals surface area contributed by atoms with Crippen molar-refractivity contribution >= 4 is 30.1 Å². The smallest absolute Gasteiger partial charge is 0.407 e. The molecule has 0 saturated carbocycles. The fourth-order valence-corrected chi connectivity index (χ4v) is 7.23. The van der Waals surface area contributed by atoms with Crippen molar-refractivity contribution in [1.82, 2.24) is 5.32 Å². The van der Waals surface area contributed by atoms with Gasteiger partial charge in [0.1, 0.15) is 6.61 Å². The summed E-state index contributed by atoms with van der Waals surface area (Å²) in [5.41, 5.74) is 5.54. The molecule has 0 radical (unpaired) electrons. The van der Waals surface area contributed by atoms with Crippen LogP contribution >= 0.6 is 6.26 Å². The van der Waals surface area contributed by atoms with Gasteiger partial charge in [-0.15, -0.1) is 0 Å². The number of aliphatic carboxylic acids is 1. The van der Waals surface area contributed by atoms with Crippen LogP contribution in [0.25, 0.3) is 11.1 Å². The number of carbonyl (C=O) groups excluding carboxylic acids is 1. The molecule has 1 amide bonds. The van der Waals surface area contributed by atoms with E-state index in [-0.39, 0.29) is 25.1 Å². The van der Waals surface area contributed by atoms with Gasteiger partial charge < -0.3 is 19.7 Å². The molecule has 0 heterocycles. The van der Waals surface area contributed by atoms with E-state index < -0.39 is 24.1 Å². The van der Waals surface area contributed by atoms with Gasteiger partial charge in [0.05, 0.1) is 18.5 Å². The zero-order valence-corrected chi connectivity index (χ0v) is 21.1. The summed E-state index contributed by atoms with van der Waals surface area (Å²) in [4.78, 5) is 24.2. The average molecular weight is 510 g/mol. The highest BCUT2D eigenvalue weighted by atomic mass is 32.4. The molecule has 1 aliphatic rings. The Bertz CT molecular complexity index is 1200. The summed E-state index contributed by atoms with van der Waals surface area (Å²) >= 11 is 5.81. The monoisotopic (exact) mass is 509 g/mol. The topological polar surface area (TPSA) is 84.9 Å². The maximum atomic E-state index is 13.0. The van der Waals surface area contributed by atoms with E-state index in [1.165, 1.54) is 7.11 Å². The van der Waals surface area contributed by atoms with E-state index in [0.29, 0.717) is 6.42 Å². The maximum Gasteiger partial charge on any atom is 0.407 e. The molecule has 2 N–H and O–H groups in total. The average Bonchev–Trinajstić information content (AvgIpc) is 3.20. The summed E-state index contributed by atoms with van der Waals surface area (Å²) in [6.45, 7) is 0.183. The number of benzene rings is 3. The zero-order chi connectivity index (χ0) is 24.8. The van der Waals surface area contributed by atoms with Gasteiger partial charge in [0.25, 0.3) is 0 Å². The van der Waals surface area contributed by atoms with Gasteiger partial charge in [-0.2, -0.15) is 0 Å². The second-order valence-electron chi connectivity index (χ2n) is 8.45. The number of alkyl carbamates (subject to hydrolysis) is 1. The minimum absolute atomic E-state index is 0.0572. The van der Waals surface area contributed by atoms with Gasteiger partial charge in [0.15, 0.2) is 0 Å². The lowest BCUT2D eigenvalue weighted by molar-refractivity contribution is -0.136. The summed E-state index contributed by atoms with van der Waals surface area (Å²) in [5, 5.41) is 12.1. The molecule has 0 aliphatic heterocycles. The molecular formula is C27H28NO5PS. The molecule has 0 fully saturated rings. The third kappa shape index (κ3) is 5.81. The number of hydrogen-bond donors (Lipinski definition) is 2. The second kappa shape index (κ2) is 11.2. The summed E-state index contributed by atoms with van der Waals surface area (Å²) < 4.78 is 11.4. The van der Waals surface area contributed by atoms with Crippen LogP contribution in [0.4, 0.5) is 4.79 Å². The number of carboxylic acid groups (broad SMARTS) is 1. The molecule has 182 valence electrons. The molecule has 2 unspecified atom stereocenters. The Morgan fingerprint density at radius 3 is 2.11 bits per heavy atom. The Balaban J connectivity index is 1.50. The molecular weight excluding hydrogens is 481 g/mol. The van der Waals surface area contributed by atoms with Crippen molar-refractivity contribution in [2.45, 2.75) is 24.5 Å². The standard InChI is InChI=1S/C27H28NO5PS/c1-32-34(35,16-15-26(29)30)25(17-19-9-3-2-4-10-19)28-27(31)33-18-24-22-13-7-5-11-20(22)21-12-6-8-14-23(21)24/h2-14,24-25H,15-18H2,1H3,(H,28,31)(H,29,30). The van der Waals surface area contributed by atoms with Gasteiger partial charge in [-0.25, -0.2) is 4.79 Å². The Hall–Kier alpha value is -2.99. The van der Waals surface area contributed by atoms with E-state index in [0.717, 1.165) is 27.8 Å². The van der Waals surface area contributed by atoms with Crippen molar-refractivity contribution < 1.29 is 24.0 Å². The van der Waals surface area contributed by atoms with E-state index in [9.17, 15) is 14.7 Å². The van der Waals surface area contributed by atoms with Crippen LogP contribution in [-0.2, 0) is 32.3 Å². The first kappa shape index (κ1) is 25.1. The molecule has 0 saturated heterocycles. The Morgan fingerprint density at radius 2 is 1.54 bits per heavy atom. The first-order chi connectivity index (χ1) is 16.9. The van der Waals surface area contributed by atoms with Gasteiger partial charge in [-0.3, -0.25) is 4.79 Å². The van der Waals surface area contributed by atoms with Gasteiger partial charge >= 0.3 is 12.1 Å². The van der Waals surface area contributed by atoms with Crippen LogP contribution in [0.3, 0.4) is 0 Å². The normalized spacial score (nSPS) is 14.9. The molecule has 4 rings (SSSR count). The predicted molar refractivity (Wildman–Crippen MR) is 141 cm³/mol. The number of carboxylic acids is 1. The minimum Gasteiger partial charge on any atom is -0.481 e. The van der Waals surface area contributed by atoms with Crippen LogP contribution in [0.1, 0.15) is 29.0 Å². The first-order valence-corrected chi connectivity index (χ1v) is 14.4. The minimum atomic E-state index is -2.70. The van der Waals surface area contributed by atoms with Gasteiger partial charge in [-0.05, 0) is 34.2 Å². The van der Waals surface area contributed by atoms with Crippen molar-refractivity contribution in [3.05, 3.63) is 95.6 Å². The third-order valence-electron chi connectivity index (χ3n) is 6.32. The number of carbonyl (C=O) groups is 2. The molecule has 0 spiro atoms. The maximum absolute atomic E-state index is 13.0. The van der Waals surface area contributed by atoms with Crippen LogP contribution < -0.4 is 5.32 Å². The van der Waals surface area contributed by atoms with Crippen molar-refractivity contribution in [3.8, 4) is 11.1 Å². The highest BCUT2D eigenvalue weighted by Gasteiger charge is 2.33. The molecule has 3 aromatic rings. The lowest BCUT2D eigenvalue weighted by Crippen LogP contribution is -2.38. The lowest BCUT2D eigenvalue weighted by Gasteiger charge is -2.30. The fraction of sp³-hybridized carbons (Fsp3) is 0.259. The number of rotatable bonds is 10. The van der Waals surface area contributed by atoms with Gasteiger partial charge in [0.2, 0.25) is 0 Å². The number of nitrogens with one attached hydrogen (secondary N) is 1. The molecule has 0 bridgehead atoms. The summed E-state index contributed by atoms with van der Waals surface area (Å²) in [6, 6.07) is 25.9. The summed E-state index contributed by atoms with van der Waals surface area (Å²) in [7, 11) is 1.49. The van der Waals surface area contributed by atoms with E-state index >= 15 is 0 Å². The van der Waals surface area contributed by atoms with Crippen LogP contribution in [0.2, 0.25) is 0 Å². The third-order valence-corrected chi connectivity index (χ3v) is 10.8. The molecule has 2 atom stereocenters. The van der Waals surface area contributed by atoms with Crippen LogP contribution in [-0.4, -0.2) is 42.8 Å².